The van der Waals surface area contributed by atoms with Crippen LogP contribution in [0.4, 0.5) is 14.5 Å². The highest BCUT2D eigenvalue weighted by Gasteiger charge is 2.29. The average molecular weight is 482 g/mol. The smallest absolute Gasteiger partial charge is 0.263 e. The Morgan fingerprint density at radius 1 is 1.09 bits per heavy atom. The van der Waals surface area contributed by atoms with Crippen molar-refractivity contribution < 1.29 is 32.6 Å². The predicted octanol–water partition coefficient (Wildman–Crippen LogP) is 4.54. The zero-order valence-corrected chi connectivity index (χ0v) is 19.4. The van der Waals surface area contributed by atoms with Gasteiger partial charge in [0, 0.05) is 42.0 Å². The number of nitrogens with zero attached hydrogens (tertiary/aromatic N) is 1. The molecule has 182 valence electrons. The van der Waals surface area contributed by atoms with Crippen molar-refractivity contribution in [2.24, 2.45) is 0 Å². The minimum Gasteiger partial charge on any atom is -0.497 e. The molecule has 0 aliphatic carbocycles. The van der Waals surface area contributed by atoms with E-state index in [9.17, 15) is 18.4 Å². The van der Waals surface area contributed by atoms with E-state index in [4.69, 9.17) is 14.2 Å². The van der Waals surface area contributed by atoms with Gasteiger partial charge >= 0.3 is 0 Å². The minimum atomic E-state index is -0.959. The van der Waals surface area contributed by atoms with Crippen molar-refractivity contribution in [2.45, 2.75) is 26.1 Å². The molecule has 1 aliphatic heterocycles. The zero-order valence-electron chi connectivity index (χ0n) is 19.4. The number of nitrogens with one attached hydrogen (secondary N) is 1. The van der Waals surface area contributed by atoms with E-state index < -0.39 is 23.6 Å². The molecule has 4 rings (SSSR count). The maximum Gasteiger partial charge on any atom is 0.263 e. The fraction of sp³-hybridized carbons (Fsp3) is 0.231. The number of hydrogen-bond donors (Lipinski definition) is 1. The van der Waals surface area contributed by atoms with Crippen LogP contribution in [0.15, 0.2) is 54.6 Å². The second-order valence-corrected chi connectivity index (χ2v) is 8.03. The van der Waals surface area contributed by atoms with E-state index in [2.05, 4.69) is 5.32 Å². The van der Waals surface area contributed by atoms with Gasteiger partial charge in [-0.3, -0.25) is 9.59 Å². The van der Waals surface area contributed by atoms with E-state index in [1.165, 1.54) is 0 Å². The van der Waals surface area contributed by atoms with Gasteiger partial charge in [-0.05, 0) is 49.4 Å². The summed E-state index contributed by atoms with van der Waals surface area (Å²) in [6, 6.07) is 13.0. The number of anilines is 1. The van der Waals surface area contributed by atoms with Gasteiger partial charge in [0.15, 0.2) is 6.10 Å². The SMILES string of the molecule is COc1ccc(CN2Cc3cc(NC(=O)c4ccc(F)cc4F)ccc3O[C@@H](C)C2=O)c(OC)c1. The Morgan fingerprint density at radius 2 is 1.89 bits per heavy atom. The molecule has 0 spiro atoms. The van der Waals surface area contributed by atoms with Crippen LogP contribution in [0.5, 0.6) is 17.2 Å². The van der Waals surface area contributed by atoms with Crippen molar-refractivity contribution in [3.63, 3.8) is 0 Å². The third-order valence-corrected chi connectivity index (χ3v) is 5.67. The number of fused-ring (bicyclic) bond motifs is 1. The molecule has 0 saturated carbocycles. The molecule has 1 atom stereocenters. The molecule has 0 saturated heterocycles. The van der Waals surface area contributed by atoms with Gasteiger partial charge in [0.25, 0.3) is 11.8 Å². The number of ether oxygens (including phenoxy) is 3. The quantitative estimate of drug-likeness (QED) is 0.558. The van der Waals surface area contributed by atoms with E-state index in [1.807, 2.05) is 6.07 Å². The average Bonchev–Trinajstić information content (AvgIpc) is 2.95. The molecule has 1 N–H and O–H groups in total. The van der Waals surface area contributed by atoms with Crippen molar-refractivity contribution in [3.05, 3.63) is 82.9 Å². The van der Waals surface area contributed by atoms with Crippen molar-refractivity contribution in [3.8, 4) is 17.2 Å². The molecule has 1 aliphatic rings. The number of benzene rings is 3. The Morgan fingerprint density at radius 3 is 2.60 bits per heavy atom. The lowest BCUT2D eigenvalue weighted by molar-refractivity contribution is -0.138. The highest BCUT2D eigenvalue weighted by molar-refractivity contribution is 6.04. The van der Waals surface area contributed by atoms with Gasteiger partial charge in [0.05, 0.1) is 19.8 Å². The lowest BCUT2D eigenvalue weighted by Crippen LogP contribution is -2.37. The standard InChI is InChI=1S/C26H24F2N2O5/c1-15-26(32)30(13-16-4-7-20(33-2)12-24(16)34-3)14-17-10-19(6-9-23(17)35-15)29-25(31)21-8-5-18(27)11-22(21)28/h4-12,15H,13-14H2,1-3H3,(H,29,31)/t15-/m0/s1. The summed E-state index contributed by atoms with van der Waals surface area (Å²) in [7, 11) is 3.10. The maximum atomic E-state index is 14.0. The summed E-state index contributed by atoms with van der Waals surface area (Å²) in [5.41, 5.74) is 1.54. The Hall–Kier alpha value is -4.14. The van der Waals surface area contributed by atoms with E-state index in [0.717, 1.165) is 17.7 Å². The molecule has 7 nitrogen and oxygen atoms in total. The Kier molecular flexibility index (Phi) is 6.86. The summed E-state index contributed by atoms with van der Waals surface area (Å²) in [5.74, 6) is -0.945. The third-order valence-electron chi connectivity index (χ3n) is 5.67. The van der Waals surface area contributed by atoms with Gasteiger partial charge < -0.3 is 24.4 Å². The van der Waals surface area contributed by atoms with E-state index in [-0.39, 0.29) is 24.6 Å². The topological polar surface area (TPSA) is 77.1 Å². The Balaban J connectivity index is 1.59. The summed E-state index contributed by atoms with van der Waals surface area (Å²) < 4.78 is 43.7. The van der Waals surface area contributed by atoms with Crippen LogP contribution in [0.3, 0.4) is 0 Å². The van der Waals surface area contributed by atoms with E-state index in [0.29, 0.717) is 34.6 Å². The highest BCUT2D eigenvalue weighted by Crippen LogP contribution is 2.32. The monoisotopic (exact) mass is 482 g/mol. The van der Waals surface area contributed by atoms with Crippen LogP contribution < -0.4 is 19.5 Å². The number of amides is 2. The normalized spacial score (nSPS) is 15.1. The van der Waals surface area contributed by atoms with Gasteiger partial charge in [-0.15, -0.1) is 0 Å². The number of halogens is 2. The molecule has 2 amide bonds. The number of hydrogen-bond acceptors (Lipinski definition) is 5. The molecule has 0 fully saturated rings. The largest absolute Gasteiger partial charge is 0.497 e. The van der Waals surface area contributed by atoms with Gasteiger partial charge in [0.2, 0.25) is 0 Å². The summed E-state index contributed by atoms with van der Waals surface area (Å²) >= 11 is 0. The highest BCUT2D eigenvalue weighted by atomic mass is 19.1. The molecule has 3 aromatic rings. The third kappa shape index (κ3) is 5.18. The summed E-state index contributed by atoms with van der Waals surface area (Å²) in [6.45, 7) is 2.14. The van der Waals surface area contributed by atoms with E-state index >= 15 is 0 Å². The number of carbonyl (C=O) groups excluding carboxylic acids is 2. The lowest BCUT2D eigenvalue weighted by Gasteiger charge is -2.23. The van der Waals surface area contributed by atoms with Gasteiger partial charge in [0.1, 0.15) is 28.9 Å². The first-order valence-electron chi connectivity index (χ1n) is 10.8. The molecule has 0 radical (unpaired) electrons. The fourth-order valence-corrected chi connectivity index (χ4v) is 3.87. The first kappa shape index (κ1) is 24.0. The number of methoxy groups -OCH3 is 2. The first-order chi connectivity index (χ1) is 16.8. The zero-order chi connectivity index (χ0) is 25.1. The summed E-state index contributed by atoms with van der Waals surface area (Å²) in [4.78, 5) is 27.2. The van der Waals surface area contributed by atoms with Gasteiger partial charge in [-0.2, -0.15) is 0 Å². The summed E-state index contributed by atoms with van der Waals surface area (Å²) in [5, 5.41) is 2.61. The molecule has 1 heterocycles. The molecule has 0 bridgehead atoms. The Bertz CT molecular complexity index is 1280. The van der Waals surface area contributed by atoms with Crippen LogP contribution in [0.25, 0.3) is 0 Å². The van der Waals surface area contributed by atoms with Gasteiger partial charge in [-0.1, -0.05) is 0 Å². The van der Waals surface area contributed by atoms with Crippen molar-refractivity contribution in [2.75, 3.05) is 19.5 Å². The van der Waals surface area contributed by atoms with Crippen LogP contribution in [-0.4, -0.2) is 37.0 Å². The molecule has 35 heavy (non-hydrogen) atoms. The first-order valence-corrected chi connectivity index (χ1v) is 10.8. The predicted molar refractivity (Wildman–Crippen MR) is 125 cm³/mol. The van der Waals surface area contributed by atoms with Crippen LogP contribution >= 0.6 is 0 Å². The van der Waals surface area contributed by atoms with Gasteiger partial charge in [-0.25, -0.2) is 8.78 Å². The van der Waals surface area contributed by atoms with Crippen molar-refractivity contribution in [1.82, 2.24) is 4.90 Å². The maximum absolute atomic E-state index is 14.0. The molecule has 0 aromatic heterocycles. The van der Waals surface area contributed by atoms with E-state index in [1.54, 1.807) is 56.4 Å². The van der Waals surface area contributed by atoms with Crippen LogP contribution in [-0.2, 0) is 17.9 Å². The van der Waals surface area contributed by atoms with Crippen LogP contribution in [0, 0.1) is 11.6 Å². The molecular formula is C26H24F2N2O5. The minimum absolute atomic E-state index is 0.210. The molecule has 0 unspecified atom stereocenters. The van der Waals surface area contributed by atoms with Crippen LogP contribution in [0.2, 0.25) is 0 Å². The van der Waals surface area contributed by atoms with Crippen molar-refractivity contribution in [1.29, 1.82) is 0 Å². The number of rotatable bonds is 6. The molecule has 9 heteroatoms. The lowest BCUT2D eigenvalue weighted by atomic mass is 10.1. The second kappa shape index (κ2) is 10.0. The number of carbonyl (C=O) groups is 2. The Labute approximate surface area is 201 Å². The summed E-state index contributed by atoms with van der Waals surface area (Å²) in [6.07, 6.45) is -0.728. The van der Waals surface area contributed by atoms with Crippen LogP contribution in [0.1, 0.15) is 28.4 Å². The second-order valence-electron chi connectivity index (χ2n) is 8.03. The molecule has 3 aromatic carbocycles. The fourth-order valence-electron chi connectivity index (χ4n) is 3.87. The van der Waals surface area contributed by atoms with Crippen molar-refractivity contribution >= 4 is 17.5 Å². The molecular weight excluding hydrogens is 458 g/mol.